The van der Waals surface area contributed by atoms with Gasteiger partial charge in [0.05, 0.1) is 7.11 Å². The summed E-state index contributed by atoms with van der Waals surface area (Å²) in [6.45, 7) is 0.912. The van der Waals surface area contributed by atoms with Crippen LogP contribution in [0.4, 0.5) is 0 Å². The van der Waals surface area contributed by atoms with Gasteiger partial charge in [-0.2, -0.15) is 0 Å². The van der Waals surface area contributed by atoms with E-state index in [0.29, 0.717) is 12.2 Å². The van der Waals surface area contributed by atoms with Crippen molar-refractivity contribution in [3.63, 3.8) is 0 Å². The van der Waals surface area contributed by atoms with Gasteiger partial charge in [0.1, 0.15) is 0 Å². The molecule has 1 aliphatic rings. The van der Waals surface area contributed by atoms with E-state index in [1.807, 2.05) is 6.07 Å². The lowest BCUT2D eigenvalue weighted by Crippen LogP contribution is -2.33. The Kier molecular flexibility index (Phi) is 5.47. The summed E-state index contributed by atoms with van der Waals surface area (Å²) < 4.78 is 5.20. The standard InChI is InChI=1S/C18H21NO4.ClH/c1-19-6-5-12-9-18(23-2)17(22)10-13(12)14(19)7-11-3-4-15(20)16(21)8-11;/h3-4,8-10,14,20-22H,5-7H2,1-2H3;1H/t14-;/m0./s1. The minimum atomic E-state index is -0.117. The van der Waals surface area contributed by atoms with Crippen LogP contribution in [-0.4, -0.2) is 40.9 Å². The van der Waals surface area contributed by atoms with Crippen LogP contribution in [0.15, 0.2) is 30.3 Å². The predicted molar refractivity (Wildman–Crippen MR) is 94.5 cm³/mol. The minimum Gasteiger partial charge on any atom is -0.504 e. The van der Waals surface area contributed by atoms with E-state index < -0.39 is 0 Å². The van der Waals surface area contributed by atoms with Gasteiger partial charge in [-0.1, -0.05) is 6.07 Å². The number of rotatable bonds is 3. The molecule has 3 rings (SSSR count). The molecular formula is C18H22ClNO4. The van der Waals surface area contributed by atoms with Gasteiger partial charge in [-0.25, -0.2) is 0 Å². The second-order valence-electron chi connectivity index (χ2n) is 6.00. The molecule has 6 heteroatoms. The van der Waals surface area contributed by atoms with Crippen molar-refractivity contribution >= 4 is 12.4 Å². The molecule has 1 atom stereocenters. The summed E-state index contributed by atoms with van der Waals surface area (Å²) in [4.78, 5) is 2.23. The topological polar surface area (TPSA) is 73.2 Å². The van der Waals surface area contributed by atoms with Crippen molar-refractivity contribution in [2.24, 2.45) is 0 Å². The third-order valence-electron chi connectivity index (χ3n) is 4.53. The molecule has 0 aromatic heterocycles. The van der Waals surface area contributed by atoms with E-state index in [9.17, 15) is 15.3 Å². The SMILES string of the molecule is COc1cc2c(cc1O)[C@H](Cc1ccc(O)c(O)c1)N(C)CC2.Cl. The summed E-state index contributed by atoms with van der Waals surface area (Å²) in [5, 5.41) is 29.2. The van der Waals surface area contributed by atoms with Crippen molar-refractivity contribution in [3.05, 3.63) is 47.0 Å². The van der Waals surface area contributed by atoms with E-state index in [4.69, 9.17) is 4.74 Å². The molecule has 24 heavy (non-hydrogen) atoms. The fraction of sp³-hybridized carbons (Fsp3) is 0.333. The van der Waals surface area contributed by atoms with Crippen LogP contribution in [0.5, 0.6) is 23.0 Å². The Morgan fingerprint density at radius 3 is 2.50 bits per heavy atom. The molecule has 0 amide bonds. The zero-order chi connectivity index (χ0) is 16.6. The molecule has 1 heterocycles. The van der Waals surface area contributed by atoms with Crippen LogP contribution < -0.4 is 4.74 Å². The largest absolute Gasteiger partial charge is 0.504 e. The van der Waals surface area contributed by atoms with Crippen LogP contribution in [0.2, 0.25) is 0 Å². The molecule has 0 saturated heterocycles. The Balaban J connectivity index is 0.00000208. The number of benzene rings is 2. The van der Waals surface area contributed by atoms with Gasteiger partial charge in [0.25, 0.3) is 0 Å². The van der Waals surface area contributed by atoms with Crippen LogP contribution in [0, 0.1) is 0 Å². The molecule has 0 spiro atoms. The first-order chi connectivity index (χ1) is 11.0. The maximum Gasteiger partial charge on any atom is 0.160 e. The number of phenols is 3. The van der Waals surface area contributed by atoms with Crippen molar-refractivity contribution < 1.29 is 20.1 Å². The van der Waals surface area contributed by atoms with Gasteiger partial charge in [0, 0.05) is 12.6 Å². The third kappa shape index (κ3) is 3.37. The van der Waals surface area contributed by atoms with E-state index in [1.54, 1.807) is 25.3 Å². The zero-order valence-corrected chi connectivity index (χ0v) is 14.5. The van der Waals surface area contributed by atoms with Crippen LogP contribution in [0.25, 0.3) is 0 Å². The zero-order valence-electron chi connectivity index (χ0n) is 13.7. The van der Waals surface area contributed by atoms with Gasteiger partial charge < -0.3 is 20.1 Å². The molecule has 0 saturated carbocycles. The number of aromatic hydroxyl groups is 3. The predicted octanol–water partition coefficient (Wildman–Crippen LogP) is 3.01. The van der Waals surface area contributed by atoms with Gasteiger partial charge >= 0.3 is 0 Å². The molecule has 2 aromatic carbocycles. The summed E-state index contributed by atoms with van der Waals surface area (Å²) in [6.07, 6.45) is 1.59. The molecule has 130 valence electrons. The lowest BCUT2D eigenvalue weighted by molar-refractivity contribution is 0.228. The molecule has 0 radical (unpaired) electrons. The fourth-order valence-corrected chi connectivity index (χ4v) is 3.19. The number of methoxy groups -OCH3 is 1. The lowest BCUT2D eigenvalue weighted by Gasteiger charge is -2.35. The van der Waals surface area contributed by atoms with Gasteiger partial charge in [-0.3, -0.25) is 4.90 Å². The van der Waals surface area contributed by atoms with Gasteiger partial charge in [-0.05, 0) is 60.8 Å². The Labute approximate surface area is 147 Å². The minimum absolute atomic E-state index is 0. The molecule has 0 unspecified atom stereocenters. The summed E-state index contributed by atoms with van der Waals surface area (Å²) in [5.41, 5.74) is 3.18. The monoisotopic (exact) mass is 351 g/mol. The van der Waals surface area contributed by atoms with Crippen LogP contribution in [0.3, 0.4) is 0 Å². The van der Waals surface area contributed by atoms with Crippen LogP contribution in [0.1, 0.15) is 22.7 Å². The molecule has 1 aliphatic heterocycles. The highest BCUT2D eigenvalue weighted by Crippen LogP contribution is 2.39. The maximum absolute atomic E-state index is 10.1. The summed E-state index contributed by atoms with van der Waals surface area (Å²) >= 11 is 0. The number of fused-ring (bicyclic) bond motifs is 1. The molecule has 5 nitrogen and oxygen atoms in total. The second kappa shape index (κ2) is 7.20. The number of nitrogens with zero attached hydrogens (tertiary/aromatic N) is 1. The summed E-state index contributed by atoms with van der Waals surface area (Å²) in [5.74, 6) is 0.404. The Morgan fingerprint density at radius 1 is 1.08 bits per heavy atom. The Hall–Kier alpha value is -2.11. The van der Waals surface area contributed by atoms with Crippen LogP contribution >= 0.6 is 12.4 Å². The fourth-order valence-electron chi connectivity index (χ4n) is 3.19. The average molecular weight is 352 g/mol. The molecular weight excluding hydrogens is 330 g/mol. The number of hydrogen-bond donors (Lipinski definition) is 3. The smallest absolute Gasteiger partial charge is 0.160 e. The van der Waals surface area contributed by atoms with Gasteiger partial charge in [0.15, 0.2) is 23.0 Å². The van der Waals surface area contributed by atoms with Crippen molar-refractivity contribution in [1.29, 1.82) is 0 Å². The highest BCUT2D eigenvalue weighted by molar-refractivity contribution is 5.85. The molecule has 0 aliphatic carbocycles. The van der Waals surface area contributed by atoms with Crippen molar-refractivity contribution in [3.8, 4) is 23.0 Å². The third-order valence-corrected chi connectivity index (χ3v) is 4.53. The van der Waals surface area contributed by atoms with E-state index in [0.717, 1.165) is 24.1 Å². The number of ether oxygens (including phenoxy) is 1. The highest BCUT2D eigenvalue weighted by Gasteiger charge is 2.26. The Morgan fingerprint density at radius 2 is 1.83 bits per heavy atom. The summed E-state index contributed by atoms with van der Waals surface area (Å²) in [6, 6.07) is 8.66. The first kappa shape index (κ1) is 18.2. The van der Waals surface area contributed by atoms with Crippen molar-refractivity contribution in [2.45, 2.75) is 18.9 Å². The van der Waals surface area contributed by atoms with E-state index in [1.165, 1.54) is 11.6 Å². The quantitative estimate of drug-likeness (QED) is 0.741. The second-order valence-corrected chi connectivity index (χ2v) is 6.00. The number of halogens is 1. The van der Waals surface area contributed by atoms with Crippen LogP contribution in [-0.2, 0) is 12.8 Å². The normalized spacial score (nSPS) is 17.0. The summed E-state index contributed by atoms with van der Waals surface area (Å²) in [7, 11) is 3.60. The number of likely N-dealkylation sites (N-methyl/N-ethyl adjacent to an activating group) is 1. The number of phenolic OH excluding ortho intramolecular Hbond substituents is 3. The molecule has 0 fully saturated rings. The lowest BCUT2D eigenvalue weighted by atomic mass is 9.88. The number of hydrogen-bond acceptors (Lipinski definition) is 5. The maximum atomic E-state index is 10.1. The first-order valence-corrected chi connectivity index (χ1v) is 7.60. The highest BCUT2D eigenvalue weighted by atomic mass is 35.5. The van der Waals surface area contributed by atoms with E-state index >= 15 is 0 Å². The molecule has 3 N–H and O–H groups in total. The van der Waals surface area contributed by atoms with E-state index in [-0.39, 0.29) is 35.7 Å². The molecule has 0 bridgehead atoms. The average Bonchev–Trinajstić information content (AvgIpc) is 2.53. The molecule has 2 aromatic rings. The first-order valence-electron chi connectivity index (χ1n) is 7.60. The van der Waals surface area contributed by atoms with Gasteiger partial charge in [0.2, 0.25) is 0 Å². The van der Waals surface area contributed by atoms with Crippen molar-refractivity contribution in [1.82, 2.24) is 4.90 Å². The van der Waals surface area contributed by atoms with Gasteiger partial charge in [-0.15, -0.1) is 12.4 Å². The van der Waals surface area contributed by atoms with E-state index in [2.05, 4.69) is 11.9 Å². The Bertz CT molecular complexity index is 735. The van der Waals surface area contributed by atoms with Crippen molar-refractivity contribution in [2.75, 3.05) is 20.7 Å².